The van der Waals surface area contributed by atoms with Crippen molar-refractivity contribution in [1.82, 2.24) is 0 Å². The van der Waals surface area contributed by atoms with E-state index in [4.69, 9.17) is 10.00 Å². The van der Waals surface area contributed by atoms with Crippen molar-refractivity contribution in [2.75, 3.05) is 6.61 Å². The molecular weight excluding hydrogens is 939 g/mol. The Bertz CT molecular complexity index is 2760. The molecule has 0 aliphatic rings. The molecule has 1 aromatic heterocycles. The Hall–Kier alpha value is -7.32. The molecule has 0 saturated heterocycles. The van der Waals surface area contributed by atoms with Gasteiger partial charge in [-0.3, -0.25) is 0 Å². The number of benzene rings is 6. The zero-order valence-corrected chi connectivity index (χ0v) is 31.7. The molecule has 0 aliphatic carbocycles. The largest absolute Gasteiger partial charge is 0.428 e. The molecule has 6 aromatic carbocycles. The number of hydrogen-bond donors (Lipinski definition) is 0. The predicted molar refractivity (Wildman–Crippen MR) is 190 cm³/mol. The van der Waals surface area contributed by atoms with Gasteiger partial charge < -0.3 is 4.74 Å². The summed E-state index contributed by atoms with van der Waals surface area (Å²) in [6, 6.07) is 22.3. The van der Waals surface area contributed by atoms with Crippen LogP contribution in [0.2, 0.25) is 0 Å². The zero-order chi connectivity index (χ0) is 48.8. The van der Waals surface area contributed by atoms with Gasteiger partial charge in [0.2, 0.25) is 0 Å². The van der Waals surface area contributed by atoms with Crippen molar-refractivity contribution in [2.45, 2.75) is 6.54 Å². The van der Waals surface area contributed by atoms with Crippen LogP contribution >= 0.6 is 0 Å². The molecule has 342 valence electrons. The van der Waals surface area contributed by atoms with E-state index in [-0.39, 0.29) is 6.61 Å². The molecule has 24 heteroatoms. The molecule has 3 nitrogen and oxygen atoms in total. The molecule has 0 fully saturated rings. The highest BCUT2D eigenvalue weighted by atomic mass is 19.2. The summed E-state index contributed by atoms with van der Waals surface area (Å²) in [4.78, 5) is 0. The highest BCUT2D eigenvalue weighted by Gasteiger charge is 2.52. The Morgan fingerprint density at radius 3 is 1.03 bits per heavy atom. The number of aromatic nitrogens is 1. The summed E-state index contributed by atoms with van der Waals surface area (Å²) in [6.07, 6.45) is -5.22. The number of fused-ring (bicyclic) bond motifs is 1. The summed E-state index contributed by atoms with van der Waals surface area (Å²) < 4.78 is 302. The summed E-state index contributed by atoms with van der Waals surface area (Å²) in [5.41, 5.74) is -13.1. The van der Waals surface area contributed by atoms with E-state index in [0.717, 1.165) is 16.7 Å². The minimum absolute atomic E-state index is 0.0444. The first kappa shape index (κ1) is 48.1. The quantitative estimate of drug-likeness (QED) is 0.0502. The number of ether oxygens (including phenoxy) is 1. The van der Waals surface area contributed by atoms with Crippen LogP contribution in [0.25, 0.3) is 10.8 Å². The second kappa shape index (κ2) is 18.3. The molecule has 0 saturated carbocycles. The first-order valence-electron chi connectivity index (χ1n) is 17.8. The molecule has 7 rings (SSSR count). The van der Waals surface area contributed by atoms with E-state index < -0.39 is 144 Å². The van der Waals surface area contributed by atoms with Crippen molar-refractivity contribution in [3.8, 4) is 11.9 Å². The molecule has 0 unspecified atom stereocenters. The van der Waals surface area contributed by atoms with Gasteiger partial charge in [0.05, 0.1) is 5.39 Å². The van der Waals surface area contributed by atoms with E-state index in [9.17, 15) is 52.7 Å². The number of nitriles is 1. The van der Waals surface area contributed by atoms with Gasteiger partial charge >= 0.3 is 5.88 Å². The standard InChI is InChI=1S/C24BF20.C18H15N2O/c26-5-1(6(27)14(35)21(42)13(5)34)25(2-7(28)15(36)22(43)16(37)8(2)29,3-9(30)17(38)23(44)18(39)10(3)31)4-11(32)19(40)24(45)20(41)12(4)33;19-11-13-21-18-17-9-5-4-8-16(17)10-12-20(18)14-15-6-2-1-3-7-15/h;1-10,12H,13-14H2/q-1;+1. The Kier molecular flexibility index (Phi) is 13.3. The molecule has 0 spiro atoms. The van der Waals surface area contributed by atoms with E-state index in [2.05, 4.69) is 18.2 Å². The SMILES string of the molecule is Fc1c(F)c(F)c([B-](c2c(F)c(F)c(F)c(F)c2F)(c2c(F)c(F)c(F)c(F)c2F)c2c(F)c(F)c(F)c(F)c2F)c(F)c1F.N#CCOc1c2ccccc2cc[n+]1Cc1ccccc1. The van der Waals surface area contributed by atoms with Crippen LogP contribution in [-0.2, 0) is 6.54 Å². The van der Waals surface area contributed by atoms with Crippen LogP contribution in [0.5, 0.6) is 5.88 Å². The maximum Gasteiger partial charge on any atom is 0.377 e. The maximum absolute atomic E-state index is 15.4. The van der Waals surface area contributed by atoms with Crippen molar-refractivity contribution >= 4 is 38.8 Å². The molecule has 1 heterocycles. The maximum atomic E-state index is 15.4. The van der Waals surface area contributed by atoms with E-state index in [1.54, 1.807) is 0 Å². The Morgan fingerprint density at radius 1 is 0.394 bits per heavy atom. The first-order valence-corrected chi connectivity index (χ1v) is 17.8. The molecule has 0 N–H and O–H groups in total. The lowest BCUT2D eigenvalue weighted by Gasteiger charge is -2.44. The van der Waals surface area contributed by atoms with Crippen LogP contribution in [0.3, 0.4) is 0 Å². The smallest absolute Gasteiger partial charge is 0.377 e. The second-order valence-corrected chi connectivity index (χ2v) is 13.6. The number of halogens is 20. The molecule has 0 amide bonds. The van der Waals surface area contributed by atoms with Crippen molar-refractivity contribution in [3.05, 3.63) is 189 Å². The molecule has 0 aliphatic heterocycles. The third kappa shape index (κ3) is 7.54. The van der Waals surface area contributed by atoms with Gasteiger partial charge in [0, 0.05) is 11.6 Å². The molecule has 0 radical (unpaired) electrons. The van der Waals surface area contributed by atoms with Crippen LogP contribution in [0.1, 0.15) is 5.56 Å². The summed E-state index contributed by atoms with van der Waals surface area (Å²) in [5.74, 6) is -70.7. The monoisotopic (exact) mass is 954 g/mol. The number of nitrogens with zero attached hydrogens (tertiary/aromatic N) is 2. The molecular formula is C42H15BF20N2O. The molecule has 0 atom stereocenters. The van der Waals surface area contributed by atoms with Gasteiger partial charge in [0.1, 0.15) is 58.8 Å². The fourth-order valence-electron chi connectivity index (χ4n) is 7.27. The highest BCUT2D eigenvalue weighted by Crippen LogP contribution is 2.31. The lowest BCUT2D eigenvalue weighted by atomic mass is 9.12. The summed E-state index contributed by atoms with van der Waals surface area (Å²) in [5, 5.41) is 10.9. The molecule has 0 bridgehead atoms. The van der Waals surface area contributed by atoms with Crippen LogP contribution in [0.4, 0.5) is 87.8 Å². The Balaban J connectivity index is 0.000000284. The van der Waals surface area contributed by atoms with E-state index in [1.165, 1.54) is 5.56 Å². The number of rotatable bonds is 8. The van der Waals surface area contributed by atoms with Gasteiger partial charge in [0.25, 0.3) is 0 Å². The topological polar surface area (TPSA) is 36.9 Å². The van der Waals surface area contributed by atoms with Gasteiger partial charge in [-0.2, -0.15) is 9.83 Å². The van der Waals surface area contributed by atoms with Gasteiger partial charge in [0.15, 0.2) is 89.2 Å². The van der Waals surface area contributed by atoms with Crippen molar-refractivity contribution in [2.24, 2.45) is 0 Å². The third-order valence-electron chi connectivity index (χ3n) is 10.1. The van der Waals surface area contributed by atoms with Crippen LogP contribution in [0.15, 0.2) is 66.9 Å². The van der Waals surface area contributed by atoms with Crippen molar-refractivity contribution in [3.63, 3.8) is 0 Å². The number of pyridine rings is 1. The normalized spacial score (nSPS) is 11.4. The third-order valence-corrected chi connectivity index (χ3v) is 10.1. The van der Waals surface area contributed by atoms with Gasteiger partial charge in [-0.15, -0.1) is 21.9 Å². The average Bonchev–Trinajstić information content (AvgIpc) is 3.31. The first-order chi connectivity index (χ1) is 31.1. The average molecular weight is 954 g/mol. The lowest BCUT2D eigenvalue weighted by Crippen LogP contribution is -2.81. The van der Waals surface area contributed by atoms with Crippen LogP contribution < -0.4 is 31.2 Å². The van der Waals surface area contributed by atoms with Crippen molar-refractivity contribution in [1.29, 1.82) is 5.26 Å². The van der Waals surface area contributed by atoms with E-state index >= 15 is 35.1 Å². The zero-order valence-electron chi connectivity index (χ0n) is 31.7. The summed E-state index contributed by atoms with van der Waals surface area (Å²) in [6.45, 7) is 0.759. The predicted octanol–water partition coefficient (Wildman–Crippen LogP) is 8.92. The minimum Gasteiger partial charge on any atom is -0.428 e. The van der Waals surface area contributed by atoms with Gasteiger partial charge in [-0.05, 0) is 11.5 Å². The van der Waals surface area contributed by atoms with E-state index in [0.29, 0.717) is 6.54 Å². The Morgan fingerprint density at radius 2 is 0.697 bits per heavy atom. The highest BCUT2D eigenvalue weighted by molar-refractivity contribution is 7.20. The van der Waals surface area contributed by atoms with Gasteiger partial charge in [-0.1, -0.05) is 48.5 Å². The van der Waals surface area contributed by atoms with E-state index in [1.807, 2.05) is 59.3 Å². The summed E-state index contributed by atoms with van der Waals surface area (Å²) >= 11 is 0. The number of hydrogen-bond acceptors (Lipinski definition) is 2. The fourth-order valence-corrected chi connectivity index (χ4v) is 7.27. The van der Waals surface area contributed by atoms with Crippen LogP contribution in [-0.4, -0.2) is 12.8 Å². The summed E-state index contributed by atoms with van der Waals surface area (Å²) in [7, 11) is 0. The van der Waals surface area contributed by atoms with Crippen molar-refractivity contribution < 1.29 is 97.1 Å². The second-order valence-electron chi connectivity index (χ2n) is 13.6. The molecule has 66 heavy (non-hydrogen) atoms. The van der Waals surface area contributed by atoms with Crippen LogP contribution in [0, 0.1) is 128 Å². The minimum atomic E-state index is -7.22. The fraction of sp³-hybridized carbons (Fsp3) is 0.0476. The Labute approximate surface area is 354 Å². The lowest BCUT2D eigenvalue weighted by molar-refractivity contribution is -0.692. The molecule has 7 aromatic rings. The van der Waals surface area contributed by atoms with Gasteiger partial charge in [-0.25, -0.2) is 87.8 Å².